The molecule has 2 unspecified atom stereocenters. The van der Waals surface area contributed by atoms with Gasteiger partial charge in [0.2, 0.25) is 0 Å². The molecule has 4 rings (SSSR count). The first-order chi connectivity index (χ1) is 20.6. The lowest BCUT2D eigenvalue weighted by Gasteiger charge is -2.39. The molecule has 0 amide bonds. The zero-order valence-electron chi connectivity index (χ0n) is 25.5. The summed E-state index contributed by atoms with van der Waals surface area (Å²) in [6, 6.07) is 12.2. The van der Waals surface area contributed by atoms with Crippen molar-refractivity contribution >= 4 is 5.69 Å². The van der Waals surface area contributed by atoms with E-state index in [1.807, 2.05) is 32.0 Å². The lowest BCUT2D eigenvalue weighted by atomic mass is 9.87. The molecule has 8 heteroatoms. The number of anilines is 1. The van der Waals surface area contributed by atoms with Crippen molar-refractivity contribution in [3.63, 3.8) is 0 Å². The van der Waals surface area contributed by atoms with Crippen molar-refractivity contribution in [2.75, 3.05) is 70.7 Å². The number of hydrogen-bond acceptors (Lipinski definition) is 6. The van der Waals surface area contributed by atoms with Crippen LogP contribution in [0.25, 0.3) is 0 Å². The molecule has 0 spiro atoms. The second kappa shape index (κ2) is 17.9. The van der Waals surface area contributed by atoms with Gasteiger partial charge in [-0.15, -0.1) is 0 Å². The van der Waals surface area contributed by atoms with Crippen molar-refractivity contribution in [3.8, 4) is 0 Å². The van der Waals surface area contributed by atoms with Gasteiger partial charge < -0.3 is 29.2 Å². The molecule has 4 atom stereocenters. The van der Waals surface area contributed by atoms with Crippen LogP contribution in [-0.4, -0.2) is 65.8 Å². The third-order valence-corrected chi connectivity index (χ3v) is 8.33. The summed E-state index contributed by atoms with van der Waals surface area (Å²) < 4.78 is 53.6. The highest BCUT2D eigenvalue weighted by Crippen LogP contribution is 2.38. The van der Waals surface area contributed by atoms with E-state index >= 15 is 4.39 Å². The maximum absolute atomic E-state index is 15.5. The second-order valence-electron chi connectivity index (χ2n) is 11.4. The highest BCUT2D eigenvalue weighted by Gasteiger charge is 2.32. The molecular weight excluding hydrogens is 538 g/mol. The van der Waals surface area contributed by atoms with Gasteiger partial charge in [-0.25, -0.2) is 8.78 Å². The van der Waals surface area contributed by atoms with Crippen LogP contribution in [0.2, 0.25) is 0 Å². The molecule has 0 aromatic heterocycles. The monoisotopic (exact) mass is 588 g/mol. The van der Waals surface area contributed by atoms with Gasteiger partial charge in [-0.2, -0.15) is 0 Å². The minimum Gasteiger partial charge on any atom is -0.382 e. The normalized spacial score (nSPS) is 20.9. The Morgan fingerprint density at radius 1 is 0.833 bits per heavy atom. The van der Waals surface area contributed by atoms with E-state index in [-0.39, 0.29) is 29.8 Å². The second-order valence-corrected chi connectivity index (χ2v) is 11.4. The Morgan fingerprint density at radius 3 is 2.19 bits per heavy atom. The van der Waals surface area contributed by atoms with Crippen molar-refractivity contribution in [2.45, 2.75) is 64.6 Å². The molecule has 1 N–H and O–H groups in total. The summed E-state index contributed by atoms with van der Waals surface area (Å²) in [5.74, 6) is -0.0629. The third-order valence-electron chi connectivity index (χ3n) is 8.33. The van der Waals surface area contributed by atoms with E-state index in [2.05, 4.69) is 10.2 Å². The smallest absolute Gasteiger partial charge is 0.146 e. The summed E-state index contributed by atoms with van der Waals surface area (Å²) in [4.78, 5) is 2.15. The first-order valence-corrected chi connectivity index (χ1v) is 16.0. The maximum atomic E-state index is 15.5. The van der Waals surface area contributed by atoms with Crippen LogP contribution in [-0.2, 0) is 18.9 Å². The summed E-state index contributed by atoms with van der Waals surface area (Å²) in [5, 5.41) is 3.51. The first kappa shape index (κ1) is 32.8. The van der Waals surface area contributed by atoms with Gasteiger partial charge in [0.05, 0.1) is 17.9 Å². The highest BCUT2D eigenvalue weighted by molar-refractivity contribution is 5.51. The summed E-state index contributed by atoms with van der Waals surface area (Å²) in [6.07, 6.45) is 5.26. The predicted octanol–water partition coefficient (Wildman–Crippen LogP) is 6.85. The van der Waals surface area contributed by atoms with E-state index in [0.717, 1.165) is 69.3 Å². The van der Waals surface area contributed by atoms with Crippen molar-refractivity contribution < 1.29 is 27.7 Å². The standard InChI is InChI=1S/C34H50F2N2O4/c1-3-39-18-8-20-41-33(28-11-6-16-37-24-28)27-14-15-31(36)32(23-27)38-17-7-12-29(25-38)34(42-21-9-19-40-4-2)26-10-5-13-30(35)22-26/h5,10,13-15,22-23,28-29,33-34,37H,3-4,6-9,11-12,16-21,24-25H2,1-2H3/t28-,29-,33?,34?/m1/s1. The zero-order chi connectivity index (χ0) is 29.6. The van der Waals surface area contributed by atoms with Gasteiger partial charge in [0.1, 0.15) is 11.6 Å². The van der Waals surface area contributed by atoms with Crippen LogP contribution in [0.3, 0.4) is 0 Å². The third kappa shape index (κ3) is 9.71. The molecule has 0 saturated carbocycles. The van der Waals surface area contributed by atoms with Crippen LogP contribution in [0, 0.1) is 23.5 Å². The molecule has 2 aromatic carbocycles. The molecule has 2 aromatic rings. The molecule has 2 aliphatic rings. The summed E-state index contributed by atoms with van der Waals surface area (Å²) in [6.45, 7) is 11.1. The summed E-state index contributed by atoms with van der Waals surface area (Å²) in [7, 11) is 0. The number of piperidine rings is 2. The quantitative estimate of drug-likeness (QED) is 0.204. The van der Waals surface area contributed by atoms with Crippen molar-refractivity contribution in [1.29, 1.82) is 0 Å². The largest absolute Gasteiger partial charge is 0.382 e. The molecule has 0 radical (unpaired) electrons. The molecule has 0 bridgehead atoms. The minimum atomic E-state index is -0.272. The first-order valence-electron chi connectivity index (χ1n) is 16.0. The van der Waals surface area contributed by atoms with Crippen molar-refractivity contribution in [1.82, 2.24) is 5.32 Å². The Kier molecular flexibility index (Phi) is 14.0. The minimum absolute atomic E-state index is 0.101. The molecule has 0 aliphatic carbocycles. The number of hydrogen-bond donors (Lipinski definition) is 1. The maximum Gasteiger partial charge on any atom is 0.146 e. The van der Waals surface area contributed by atoms with E-state index in [1.54, 1.807) is 18.2 Å². The van der Waals surface area contributed by atoms with E-state index in [0.29, 0.717) is 57.8 Å². The van der Waals surface area contributed by atoms with Crippen LogP contribution in [0.4, 0.5) is 14.5 Å². The van der Waals surface area contributed by atoms with Crippen molar-refractivity contribution in [3.05, 3.63) is 65.2 Å². The zero-order valence-corrected chi connectivity index (χ0v) is 25.5. The molecule has 2 heterocycles. The van der Waals surface area contributed by atoms with Crippen LogP contribution in [0.1, 0.15) is 75.7 Å². The Hall–Kier alpha value is -2.10. The fourth-order valence-electron chi connectivity index (χ4n) is 6.29. The van der Waals surface area contributed by atoms with Gasteiger partial charge in [-0.1, -0.05) is 18.2 Å². The Balaban J connectivity index is 1.51. The van der Waals surface area contributed by atoms with Gasteiger partial charge in [0, 0.05) is 71.1 Å². The SMILES string of the molecule is CCOCCCOC(c1ccc(F)c(N2CCC[C@@H](C(OCCCOCC)c3cccc(F)c3)C2)c1)[C@@H]1CCCNC1. The van der Waals surface area contributed by atoms with Gasteiger partial charge in [0.25, 0.3) is 0 Å². The fraction of sp³-hybridized carbons (Fsp3) is 0.647. The van der Waals surface area contributed by atoms with E-state index < -0.39 is 0 Å². The van der Waals surface area contributed by atoms with Gasteiger partial charge in [-0.3, -0.25) is 0 Å². The number of benzene rings is 2. The number of nitrogens with one attached hydrogen (secondary N) is 1. The summed E-state index contributed by atoms with van der Waals surface area (Å²) in [5.41, 5.74) is 2.46. The summed E-state index contributed by atoms with van der Waals surface area (Å²) >= 11 is 0. The molecule has 6 nitrogen and oxygen atoms in total. The van der Waals surface area contributed by atoms with Crippen molar-refractivity contribution in [2.24, 2.45) is 11.8 Å². The van der Waals surface area contributed by atoms with Crippen LogP contribution < -0.4 is 10.2 Å². The number of ether oxygens (including phenoxy) is 4. The Labute approximate surface area is 251 Å². The molecular formula is C34H50F2N2O4. The fourth-order valence-corrected chi connectivity index (χ4v) is 6.29. The van der Waals surface area contributed by atoms with Crippen LogP contribution in [0.5, 0.6) is 0 Å². The molecule has 42 heavy (non-hydrogen) atoms. The lowest BCUT2D eigenvalue weighted by molar-refractivity contribution is -0.00740. The molecule has 234 valence electrons. The van der Waals surface area contributed by atoms with Gasteiger partial charge >= 0.3 is 0 Å². The Bertz CT molecular complexity index is 1050. The van der Waals surface area contributed by atoms with Gasteiger partial charge in [0.15, 0.2) is 0 Å². The van der Waals surface area contributed by atoms with Gasteiger partial charge in [-0.05, 0) is 94.3 Å². The van der Waals surface area contributed by atoms with Crippen LogP contribution >= 0.6 is 0 Å². The van der Waals surface area contributed by atoms with E-state index in [9.17, 15) is 4.39 Å². The van der Waals surface area contributed by atoms with E-state index in [4.69, 9.17) is 18.9 Å². The molecule has 2 fully saturated rings. The predicted molar refractivity (Wildman–Crippen MR) is 163 cm³/mol. The lowest BCUT2D eigenvalue weighted by Crippen LogP contribution is -2.39. The topological polar surface area (TPSA) is 52.2 Å². The average molecular weight is 589 g/mol. The van der Waals surface area contributed by atoms with Crippen LogP contribution in [0.15, 0.2) is 42.5 Å². The number of halogens is 2. The number of nitrogens with zero attached hydrogens (tertiary/aromatic N) is 1. The average Bonchev–Trinajstić information content (AvgIpc) is 3.02. The highest BCUT2D eigenvalue weighted by atomic mass is 19.1. The molecule has 2 saturated heterocycles. The molecule has 2 aliphatic heterocycles. The Morgan fingerprint density at radius 2 is 1.52 bits per heavy atom. The van der Waals surface area contributed by atoms with E-state index in [1.165, 1.54) is 6.07 Å². The number of rotatable bonds is 17.